The summed E-state index contributed by atoms with van der Waals surface area (Å²) < 4.78 is 0. The van der Waals surface area contributed by atoms with Gasteiger partial charge in [0.1, 0.15) is 5.54 Å². The highest BCUT2D eigenvalue weighted by Gasteiger charge is 2.38. The molecular weight excluding hydrogens is 248 g/mol. The van der Waals surface area contributed by atoms with Gasteiger partial charge < -0.3 is 5.73 Å². The van der Waals surface area contributed by atoms with Crippen LogP contribution in [-0.2, 0) is 10.3 Å². The second kappa shape index (κ2) is 5.29. The fraction of sp³-hybridized carbons (Fsp3) is 0.500. The molecule has 1 aromatic carbocycles. The third kappa shape index (κ3) is 2.68. The highest BCUT2D eigenvalue weighted by Crippen LogP contribution is 2.32. The molecule has 1 fully saturated rings. The predicted octanol–water partition coefficient (Wildman–Crippen LogP) is 2.43. The summed E-state index contributed by atoms with van der Waals surface area (Å²) in [7, 11) is 0. The van der Waals surface area contributed by atoms with Gasteiger partial charge in [0.05, 0.1) is 0 Å². The first-order valence-corrected chi connectivity index (χ1v) is 6.77. The van der Waals surface area contributed by atoms with E-state index < -0.39 is 5.54 Å². The molecule has 18 heavy (non-hydrogen) atoms. The fourth-order valence-electron chi connectivity index (χ4n) is 2.23. The first-order chi connectivity index (χ1) is 8.58. The molecule has 2 rings (SSSR count). The Morgan fingerprint density at radius 2 is 2.28 bits per heavy atom. The molecule has 4 heteroatoms. The zero-order chi connectivity index (χ0) is 13.2. The molecule has 1 atom stereocenters. The quantitative estimate of drug-likeness (QED) is 0.831. The van der Waals surface area contributed by atoms with E-state index in [1.165, 1.54) is 12.8 Å². The average molecular weight is 267 g/mol. The first kappa shape index (κ1) is 13.4. The maximum absolute atomic E-state index is 11.9. The number of nitrogens with one attached hydrogen (secondary N) is 1. The van der Waals surface area contributed by atoms with Crippen LogP contribution in [0.5, 0.6) is 0 Å². The number of halogens is 1. The van der Waals surface area contributed by atoms with Crippen LogP contribution in [0.25, 0.3) is 0 Å². The highest BCUT2D eigenvalue weighted by atomic mass is 35.5. The number of benzene rings is 1. The number of amides is 1. The van der Waals surface area contributed by atoms with Gasteiger partial charge in [-0.15, -0.1) is 0 Å². The van der Waals surface area contributed by atoms with Gasteiger partial charge in [0, 0.05) is 5.02 Å². The van der Waals surface area contributed by atoms with Crippen LogP contribution in [0, 0.1) is 5.92 Å². The largest absolute Gasteiger partial charge is 0.368 e. The van der Waals surface area contributed by atoms with E-state index in [0.717, 1.165) is 12.1 Å². The Bertz CT molecular complexity index is 445. The summed E-state index contributed by atoms with van der Waals surface area (Å²) >= 11 is 6.01. The Morgan fingerprint density at radius 3 is 2.78 bits per heavy atom. The average Bonchev–Trinajstić information content (AvgIpc) is 3.14. The van der Waals surface area contributed by atoms with E-state index in [1.807, 2.05) is 25.1 Å². The molecule has 0 radical (unpaired) electrons. The summed E-state index contributed by atoms with van der Waals surface area (Å²) in [5, 5.41) is 3.98. The Morgan fingerprint density at radius 1 is 1.56 bits per heavy atom. The van der Waals surface area contributed by atoms with E-state index in [0.29, 0.717) is 17.4 Å². The van der Waals surface area contributed by atoms with Crippen LogP contribution < -0.4 is 11.1 Å². The molecule has 3 N–H and O–H groups in total. The van der Waals surface area contributed by atoms with Gasteiger partial charge in [0.25, 0.3) is 0 Å². The van der Waals surface area contributed by atoms with E-state index in [2.05, 4.69) is 5.32 Å². The van der Waals surface area contributed by atoms with E-state index in [4.69, 9.17) is 17.3 Å². The number of carbonyl (C=O) groups is 1. The summed E-state index contributed by atoms with van der Waals surface area (Å²) in [6.07, 6.45) is 3.09. The lowest BCUT2D eigenvalue weighted by Gasteiger charge is -2.31. The molecule has 1 saturated carbocycles. The van der Waals surface area contributed by atoms with E-state index >= 15 is 0 Å². The van der Waals surface area contributed by atoms with Gasteiger partial charge in [-0.2, -0.15) is 0 Å². The maximum atomic E-state index is 11.9. The molecule has 1 aliphatic rings. The van der Waals surface area contributed by atoms with Crippen molar-refractivity contribution in [1.82, 2.24) is 5.32 Å². The minimum Gasteiger partial charge on any atom is -0.368 e. The van der Waals surface area contributed by atoms with Gasteiger partial charge in [-0.1, -0.05) is 30.7 Å². The maximum Gasteiger partial charge on any atom is 0.242 e. The van der Waals surface area contributed by atoms with Gasteiger partial charge in [-0.3, -0.25) is 10.1 Å². The minimum atomic E-state index is -0.798. The third-order valence-electron chi connectivity index (χ3n) is 3.66. The number of primary amides is 1. The molecule has 1 aliphatic carbocycles. The Hall–Kier alpha value is -1.06. The van der Waals surface area contributed by atoms with Crippen molar-refractivity contribution in [2.24, 2.45) is 11.7 Å². The molecular formula is C14H19ClN2O. The summed E-state index contributed by atoms with van der Waals surface area (Å²) in [5.74, 6) is 0.349. The van der Waals surface area contributed by atoms with Crippen LogP contribution in [0.3, 0.4) is 0 Å². The third-order valence-corrected chi connectivity index (χ3v) is 3.89. The zero-order valence-electron chi connectivity index (χ0n) is 10.6. The van der Waals surface area contributed by atoms with Gasteiger partial charge in [0.2, 0.25) is 5.91 Å². The molecule has 0 saturated heterocycles. The van der Waals surface area contributed by atoms with Gasteiger partial charge in [-0.25, -0.2) is 0 Å². The lowest BCUT2D eigenvalue weighted by Crippen LogP contribution is -2.52. The van der Waals surface area contributed by atoms with Crippen LogP contribution in [0.15, 0.2) is 24.3 Å². The standard InChI is InChI=1S/C14H19ClN2O/c1-2-14(13(16)18,17-9-10-6-7-10)11-4-3-5-12(15)8-11/h3-5,8,10,17H,2,6-7,9H2,1H3,(H2,16,18). The molecule has 0 heterocycles. The van der Waals surface area contributed by atoms with Crippen LogP contribution in [-0.4, -0.2) is 12.5 Å². The molecule has 98 valence electrons. The molecule has 0 bridgehead atoms. The van der Waals surface area contributed by atoms with Crippen LogP contribution in [0.4, 0.5) is 0 Å². The number of rotatable bonds is 6. The number of hydrogen-bond acceptors (Lipinski definition) is 2. The van der Waals surface area contributed by atoms with E-state index in [9.17, 15) is 4.79 Å². The molecule has 0 aliphatic heterocycles. The topological polar surface area (TPSA) is 55.1 Å². The van der Waals surface area contributed by atoms with Gasteiger partial charge in [-0.05, 0) is 49.4 Å². The van der Waals surface area contributed by atoms with Gasteiger partial charge in [0.15, 0.2) is 0 Å². The lowest BCUT2D eigenvalue weighted by molar-refractivity contribution is -0.125. The van der Waals surface area contributed by atoms with Crippen molar-refractivity contribution in [2.75, 3.05) is 6.54 Å². The van der Waals surface area contributed by atoms with Crippen LogP contribution >= 0.6 is 11.6 Å². The van der Waals surface area contributed by atoms with Crippen molar-refractivity contribution < 1.29 is 4.79 Å². The Kier molecular flexibility index (Phi) is 3.93. The molecule has 0 aromatic heterocycles. The van der Waals surface area contributed by atoms with Gasteiger partial charge >= 0.3 is 0 Å². The molecule has 0 spiro atoms. The smallest absolute Gasteiger partial charge is 0.242 e. The second-order valence-electron chi connectivity index (χ2n) is 4.96. The number of hydrogen-bond donors (Lipinski definition) is 2. The number of nitrogens with two attached hydrogens (primary N) is 1. The Balaban J connectivity index is 2.29. The highest BCUT2D eigenvalue weighted by molar-refractivity contribution is 6.30. The molecule has 1 unspecified atom stereocenters. The fourth-order valence-corrected chi connectivity index (χ4v) is 2.42. The minimum absolute atomic E-state index is 0.340. The van der Waals surface area contributed by atoms with Crippen molar-refractivity contribution in [3.8, 4) is 0 Å². The van der Waals surface area contributed by atoms with Crippen LogP contribution in [0.1, 0.15) is 31.7 Å². The second-order valence-corrected chi connectivity index (χ2v) is 5.39. The summed E-state index contributed by atoms with van der Waals surface area (Å²) in [6.45, 7) is 2.80. The summed E-state index contributed by atoms with van der Waals surface area (Å²) in [5.41, 5.74) is 5.68. The summed E-state index contributed by atoms with van der Waals surface area (Å²) in [6, 6.07) is 7.37. The van der Waals surface area contributed by atoms with Crippen molar-refractivity contribution in [3.63, 3.8) is 0 Å². The molecule has 3 nitrogen and oxygen atoms in total. The Labute approximate surface area is 113 Å². The lowest BCUT2D eigenvalue weighted by atomic mass is 9.86. The van der Waals surface area contributed by atoms with Crippen molar-refractivity contribution in [3.05, 3.63) is 34.9 Å². The zero-order valence-corrected chi connectivity index (χ0v) is 11.3. The monoisotopic (exact) mass is 266 g/mol. The van der Waals surface area contributed by atoms with Crippen LogP contribution in [0.2, 0.25) is 5.02 Å². The van der Waals surface area contributed by atoms with Crippen molar-refractivity contribution >= 4 is 17.5 Å². The molecule has 1 aromatic rings. The normalized spacial score (nSPS) is 18.3. The van der Waals surface area contributed by atoms with Crippen molar-refractivity contribution in [2.45, 2.75) is 31.7 Å². The van der Waals surface area contributed by atoms with E-state index in [1.54, 1.807) is 6.07 Å². The summed E-state index contributed by atoms with van der Waals surface area (Å²) in [4.78, 5) is 11.9. The van der Waals surface area contributed by atoms with E-state index in [-0.39, 0.29) is 5.91 Å². The first-order valence-electron chi connectivity index (χ1n) is 6.39. The predicted molar refractivity (Wildman–Crippen MR) is 73.3 cm³/mol. The van der Waals surface area contributed by atoms with Crippen molar-refractivity contribution in [1.29, 1.82) is 0 Å². The SMILES string of the molecule is CCC(NCC1CC1)(C(N)=O)c1cccc(Cl)c1. The number of carbonyl (C=O) groups excluding carboxylic acids is 1. The molecule has 1 amide bonds.